The zero-order chi connectivity index (χ0) is 12.3. The summed E-state index contributed by atoms with van der Waals surface area (Å²) in [5.41, 5.74) is 0.301. The molecule has 2 N–H and O–H groups in total. The lowest BCUT2D eigenvalue weighted by atomic mass is 10.2. The predicted octanol–water partition coefficient (Wildman–Crippen LogP) is 2.18. The number of anilines is 1. The summed E-state index contributed by atoms with van der Waals surface area (Å²) in [4.78, 5) is 15.3. The summed E-state index contributed by atoms with van der Waals surface area (Å²) < 4.78 is 13.2. The normalized spacial score (nSPS) is 9.94. The summed E-state index contributed by atoms with van der Waals surface area (Å²) in [7, 11) is 0. The van der Waals surface area contributed by atoms with Gasteiger partial charge >= 0.3 is 0 Å². The summed E-state index contributed by atoms with van der Waals surface area (Å²) in [5, 5.41) is 11.6. The molecule has 0 bridgehead atoms. The van der Waals surface area contributed by atoms with Crippen LogP contribution in [-0.2, 0) is 0 Å². The summed E-state index contributed by atoms with van der Waals surface area (Å²) in [6.07, 6.45) is 2.39. The molecule has 0 fully saturated rings. The van der Waals surface area contributed by atoms with Crippen LogP contribution >= 0.6 is 0 Å². The lowest BCUT2D eigenvalue weighted by molar-refractivity contribution is 0.102. The smallest absolute Gasteiger partial charge is 0.255 e. The first-order valence-electron chi connectivity index (χ1n) is 4.87. The van der Waals surface area contributed by atoms with Gasteiger partial charge in [0.15, 0.2) is 5.82 Å². The molecule has 0 saturated carbocycles. The van der Waals surface area contributed by atoms with E-state index in [0.717, 1.165) is 6.20 Å². The van der Waals surface area contributed by atoms with Crippen molar-refractivity contribution in [3.05, 3.63) is 54.1 Å². The third kappa shape index (κ3) is 2.57. The molecule has 1 aromatic carbocycles. The fourth-order valence-corrected chi connectivity index (χ4v) is 1.32. The molecule has 86 valence electrons. The molecule has 0 unspecified atom stereocenters. The minimum absolute atomic E-state index is 0.0205. The maximum atomic E-state index is 13.2. The van der Waals surface area contributed by atoms with E-state index >= 15 is 0 Å². The highest BCUT2D eigenvalue weighted by Crippen LogP contribution is 2.15. The lowest BCUT2D eigenvalue weighted by Gasteiger charge is -2.05. The van der Waals surface area contributed by atoms with Gasteiger partial charge in [0.05, 0.1) is 11.9 Å². The molecule has 17 heavy (non-hydrogen) atoms. The predicted molar refractivity (Wildman–Crippen MR) is 60.3 cm³/mol. The van der Waals surface area contributed by atoms with Crippen LogP contribution in [0.15, 0.2) is 42.7 Å². The van der Waals surface area contributed by atoms with Crippen LogP contribution in [0.2, 0.25) is 0 Å². The second kappa shape index (κ2) is 4.61. The van der Waals surface area contributed by atoms with Crippen molar-refractivity contribution >= 4 is 11.6 Å². The molecule has 4 nitrogen and oxygen atoms in total. The van der Waals surface area contributed by atoms with Crippen LogP contribution in [-0.4, -0.2) is 16.0 Å². The minimum atomic E-state index is -0.610. The van der Waals surface area contributed by atoms with Crippen LogP contribution in [0.4, 0.5) is 10.1 Å². The Kier molecular flexibility index (Phi) is 3.00. The van der Waals surface area contributed by atoms with E-state index in [2.05, 4.69) is 10.3 Å². The van der Waals surface area contributed by atoms with Gasteiger partial charge in [-0.05, 0) is 24.3 Å². The zero-order valence-electron chi connectivity index (χ0n) is 8.72. The second-order valence-corrected chi connectivity index (χ2v) is 3.36. The molecule has 0 radical (unpaired) electrons. The van der Waals surface area contributed by atoms with E-state index in [1.807, 2.05) is 0 Å². The second-order valence-electron chi connectivity index (χ2n) is 3.36. The fourth-order valence-electron chi connectivity index (χ4n) is 1.32. The molecule has 0 aliphatic rings. The Bertz CT molecular complexity index is 558. The number of phenols is 1. The van der Waals surface area contributed by atoms with Crippen molar-refractivity contribution in [2.75, 3.05) is 5.32 Å². The van der Waals surface area contributed by atoms with Crippen molar-refractivity contribution in [1.29, 1.82) is 0 Å². The van der Waals surface area contributed by atoms with Crippen LogP contribution in [0.25, 0.3) is 0 Å². The Balaban J connectivity index is 2.20. The van der Waals surface area contributed by atoms with Gasteiger partial charge in [-0.25, -0.2) is 4.39 Å². The van der Waals surface area contributed by atoms with E-state index in [1.54, 1.807) is 0 Å². The number of amides is 1. The molecule has 0 atom stereocenters. The van der Waals surface area contributed by atoms with Gasteiger partial charge in [0.25, 0.3) is 5.91 Å². The van der Waals surface area contributed by atoms with E-state index in [0.29, 0.717) is 0 Å². The number of rotatable bonds is 2. The number of hydrogen-bond donors (Lipinski definition) is 2. The van der Waals surface area contributed by atoms with Crippen molar-refractivity contribution in [3.63, 3.8) is 0 Å². The fraction of sp³-hybridized carbons (Fsp3) is 0. The molecule has 5 heteroatoms. The number of carbonyl (C=O) groups is 1. The first-order valence-corrected chi connectivity index (χ1v) is 4.87. The van der Waals surface area contributed by atoms with E-state index in [9.17, 15) is 14.3 Å². The van der Waals surface area contributed by atoms with Crippen LogP contribution in [0.1, 0.15) is 10.4 Å². The average Bonchev–Trinajstić information content (AvgIpc) is 2.32. The Morgan fingerprint density at radius 2 is 2.18 bits per heavy atom. The maximum Gasteiger partial charge on any atom is 0.255 e. The van der Waals surface area contributed by atoms with E-state index < -0.39 is 11.7 Å². The number of halogens is 1. The number of benzene rings is 1. The van der Waals surface area contributed by atoms with Gasteiger partial charge in [0, 0.05) is 11.8 Å². The van der Waals surface area contributed by atoms with E-state index in [-0.39, 0.29) is 17.0 Å². The molecular weight excluding hydrogens is 223 g/mol. The maximum absolute atomic E-state index is 13.2. The quantitative estimate of drug-likeness (QED) is 0.834. The topological polar surface area (TPSA) is 62.2 Å². The van der Waals surface area contributed by atoms with Crippen molar-refractivity contribution in [1.82, 2.24) is 4.98 Å². The molecule has 1 amide bonds. The summed E-state index contributed by atoms with van der Waals surface area (Å²) >= 11 is 0. The van der Waals surface area contributed by atoms with Crippen molar-refractivity contribution in [2.24, 2.45) is 0 Å². The highest BCUT2D eigenvalue weighted by Gasteiger charge is 2.09. The Morgan fingerprint density at radius 3 is 2.88 bits per heavy atom. The van der Waals surface area contributed by atoms with Crippen LogP contribution in [0.5, 0.6) is 5.75 Å². The molecule has 2 aromatic rings. The van der Waals surface area contributed by atoms with Crippen LogP contribution < -0.4 is 5.32 Å². The summed E-state index contributed by atoms with van der Waals surface area (Å²) in [5.74, 6) is -1.13. The molecular formula is C12H9FN2O2. The lowest BCUT2D eigenvalue weighted by Crippen LogP contribution is -2.12. The van der Waals surface area contributed by atoms with Gasteiger partial charge in [-0.15, -0.1) is 0 Å². The molecule has 1 aromatic heterocycles. The SMILES string of the molecule is O=C(Nc1ccncc1F)c1cccc(O)c1. The van der Waals surface area contributed by atoms with Gasteiger partial charge in [0.2, 0.25) is 0 Å². The van der Waals surface area contributed by atoms with Crippen molar-refractivity contribution in [3.8, 4) is 5.75 Å². The number of aromatic hydroxyl groups is 1. The molecule has 0 aliphatic heterocycles. The highest BCUT2D eigenvalue weighted by atomic mass is 19.1. The molecule has 2 rings (SSSR count). The zero-order valence-corrected chi connectivity index (χ0v) is 8.72. The third-order valence-electron chi connectivity index (χ3n) is 2.13. The molecule has 1 heterocycles. The molecule has 0 aliphatic carbocycles. The Morgan fingerprint density at radius 1 is 1.35 bits per heavy atom. The first kappa shape index (κ1) is 11.1. The number of nitrogens with one attached hydrogen (secondary N) is 1. The van der Waals surface area contributed by atoms with Gasteiger partial charge in [0.1, 0.15) is 5.75 Å². The van der Waals surface area contributed by atoms with Crippen LogP contribution in [0, 0.1) is 5.82 Å². The largest absolute Gasteiger partial charge is 0.508 e. The monoisotopic (exact) mass is 232 g/mol. The Hall–Kier alpha value is -2.43. The Labute approximate surface area is 96.7 Å². The number of hydrogen-bond acceptors (Lipinski definition) is 3. The van der Waals surface area contributed by atoms with Gasteiger partial charge in [-0.2, -0.15) is 0 Å². The minimum Gasteiger partial charge on any atom is -0.508 e. The van der Waals surface area contributed by atoms with E-state index in [4.69, 9.17) is 0 Å². The van der Waals surface area contributed by atoms with Gasteiger partial charge in [-0.3, -0.25) is 9.78 Å². The summed E-state index contributed by atoms with van der Waals surface area (Å²) in [6, 6.07) is 7.16. The number of nitrogens with zero attached hydrogens (tertiary/aromatic N) is 1. The number of phenolic OH excluding ortho intramolecular Hbond substituents is 1. The van der Waals surface area contributed by atoms with Gasteiger partial charge < -0.3 is 10.4 Å². The molecule has 0 spiro atoms. The third-order valence-corrected chi connectivity index (χ3v) is 2.13. The highest BCUT2D eigenvalue weighted by molar-refractivity contribution is 6.04. The van der Waals surface area contributed by atoms with Crippen molar-refractivity contribution < 1.29 is 14.3 Å². The first-order chi connectivity index (χ1) is 8.16. The molecule has 0 saturated heterocycles. The number of pyridine rings is 1. The van der Waals surface area contributed by atoms with Crippen molar-refractivity contribution in [2.45, 2.75) is 0 Å². The summed E-state index contributed by atoms with van der Waals surface area (Å²) in [6.45, 7) is 0. The van der Waals surface area contributed by atoms with Gasteiger partial charge in [-0.1, -0.05) is 6.07 Å². The number of carbonyl (C=O) groups excluding carboxylic acids is 1. The van der Waals surface area contributed by atoms with Crippen LogP contribution in [0.3, 0.4) is 0 Å². The number of aromatic nitrogens is 1. The average molecular weight is 232 g/mol. The standard InChI is InChI=1S/C12H9FN2O2/c13-10-7-14-5-4-11(10)15-12(17)8-2-1-3-9(16)6-8/h1-7,16H,(H,14,15,17). The van der Waals surface area contributed by atoms with E-state index in [1.165, 1.54) is 36.5 Å².